The first-order valence-electron chi connectivity index (χ1n) is 8.52. The molecule has 0 unspecified atom stereocenters. The molecule has 0 saturated heterocycles. The molecule has 25 heavy (non-hydrogen) atoms. The molecule has 5 nitrogen and oxygen atoms in total. The van der Waals surface area contributed by atoms with Crippen LogP contribution in [0.4, 0.5) is 5.82 Å². The van der Waals surface area contributed by atoms with Crippen LogP contribution < -0.4 is 5.32 Å². The van der Waals surface area contributed by atoms with Gasteiger partial charge in [0.15, 0.2) is 5.82 Å². The van der Waals surface area contributed by atoms with Gasteiger partial charge in [0.25, 0.3) is 5.91 Å². The number of carbonyl (C=O) groups excluding carboxylic acids is 1. The molecule has 0 aliphatic heterocycles. The number of amides is 1. The molecule has 128 valence electrons. The Kier molecular flexibility index (Phi) is 4.36. The predicted molar refractivity (Wildman–Crippen MR) is 99.0 cm³/mol. The number of carbonyl (C=O) groups is 1. The lowest BCUT2D eigenvalue weighted by atomic mass is 9.88. The van der Waals surface area contributed by atoms with Crippen molar-refractivity contribution < 1.29 is 4.79 Å². The molecular weight excluding hydrogens is 332 g/mol. The van der Waals surface area contributed by atoms with E-state index in [-0.39, 0.29) is 5.91 Å². The normalized spacial score (nSPS) is 16.4. The van der Waals surface area contributed by atoms with Gasteiger partial charge in [-0.05, 0) is 48.4 Å². The first kappa shape index (κ1) is 16.0. The molecule has 0 aromatic carbocycles. The third-order valence-corrected chi connectivity index (χ3v) is 5.67. The standard InChI is InChI=1S/C19H20N4OS/c1-13-2-3-15-16(12-25-17(15)10-13)19(24)21-18-6-9-23(22-18)11-14-4-7-20-8-5-14/h4-9,12-13H,2-3,10-11H2,1H3,(H,21,22,24)/t13-/m1/s1. The molecule has 0 bridgehead atoms. The summed E-state index contributed by atoms with van der Waals surface area (Å²) in [6.45, 7) is 2.93. The second-order valence-corrected chi connectivity index (χ2v) is 7.57. The van der Waals surface area contributed by atoms with Crippen molar-refractivity contribution in [3.05, 3.63) is 63.7 Å². The van der Waals surface area contributed by atoms with E-state index in [4.69, 9.17) is 0 Å². The summed E-state index contributed by atoms with van der Waals surface area (Å²) in [5.41, 5.74) is 3.17. The fourth-order valence-electron chi connectivity index (χ4n) is 3.24. The van der Waals surface area contributed by atoms with E-state index in [1.807, 2.05) is 34.5 Å². The third-order valence-electron chi connectivity index (χ3n) is 4.62. The van der Waals surface area contributed by atoms with Crippen LogP contribution in [0.2, 0.25) is 0 Å². The van der Waals surface area contributed by atoms with Crippen LogP contribution in [0.15, 0.2) is 42.2 Å². The van der Waals surface area contributed by atoms with E-state index in [0.717, 1.165) is 30.4 Å². The van der Waals surface area contributed by atoms with Gasteiger partial charge >= 0.3 is 0 Å². The Morgan fingerprint density at radius 2 is 2.20 bits per heavy atom. The van der Waals surface area contributed by atoms with Crippen LogP contribution in [-0.4, -0.2) is 20.7 Å². The Balaban J connectivity index is 1.45. The lowest BCUT2D eigenvalue weighted by molar-refractivity contribution is 0.102. The Morgan fingerprint density at radius 3 is 3.04 bits per heavy atom. The molecule has 1 amide bonds. The number of hydrogen-bond acceptors (Lipinski definition) is 4. The van der Waals surface area contributed by atoms with Gasteiger partial charge in [-0.25, -0.2) is 0 Å². The van der Waals surface area contributed by atoms with Gasteiger partial charge in [0.05, 0.1) is 12.1 Å². The summed E-state index contributed by atoms with van der Waals surface area (Å²) in [6, 6.07) is 5.75. The first-order valence-corrected chi connectivity index (χ1v) is 9.40. The number of aromatic nitrogens is 3. The van der Waals surface area contributed by atoms with Crippen LogP contribution >= 0.6 is 11.3 Å². The third kappa shape index (κ3) is 3.49. The molecule has 0 spiro atoms. The van der Waals surface area contributed by atoms with Crippen molar-refractivity contribution in [1.82, 2.24) is 14.8 Å². The molecule has 1 aliphatic carbocycles. The maximum atomic E-state index is 12.6. The molecule has 1 aliphatic rings. The second kappa shape index (κ2) is 6.80. The van der Waals surface area contributed by atoms with Crippen molar-refractivity contribution >= 4 is 23.1 Å². The largest absolute Gasteiger partial charge is 0.305 e. The average molecular weight is 352 g/mol. The van der Waals surface area contributed by atoms with E-state index in [1.165, 1.54) is 10.4 Å². The van der Waals surface area contributed by atoms with E-state index in [9.17, 15) is 4.79 Å². The summed E-state index contributed by atoms with van der Waals surface area (Å²) in [5, 5.41) is 9.37. The SMILES string of the molecule is C[C@@H]1CCc2c(C(=O)Nc3ccn(Cc4ccncc4)n3)csc2C1. The molecule has 0 saturated carbocycles. The molecule has 3 aromatic rings. The summed E-state index contributed by atoms with van der Waals surface area (Å²) < 4.78 is 1.82. The van der Waals surface area contributed by atoms with Crippen molar-refractivity contribution in [2.24, 2.45) is 5.92 Å². The number of thiophene rings is 1. The van der Waals surface area contributed by atoms with Gasteiger partial charge in [0.1, 0.15) is 0 Å². The van der Waals surface area contributed by atoms with E-state index in [0.29, 0.717) is 18.3 Å². The molecule has 3 heterocycles. The number of hydrogen-bond donors (Lipinski definition) is 1. The van der Waals surface area contributed by atoms with Gasteiger partial charge in [-0.3, -0.25) is 14.5 Å². The van der Waals surface area contributed by atoms with Crippen LogP contribution in [0.5, 0.6) is 0 Å². The smallest absolute Gasteiger partial charge is 0.257 e. The van der Waals surface area contributed by atoms with Crippen LogP contribution in [0.1, 0.15) is 39.7 Å². The van der Waals surface area contributed by atoms with Crippen LogP contribution in [0.3, 0.4) is 0 Å². The van der Waals surface area contributed by atoms with Gasteiger partial charge in [0, 0.05) is 34.9 Å². The highest BCUT2D eigenvalue weighted by molar-refractivity contribution is 7.10. The van der Waals surface area contributed by atoms with Crippen molar-refractivity contribution in [3.8, 4) is 0 Å². The fourth-order valence-corrected chi connectivity index (χ4v) is 4.49. The summed E-state index contributed by atoms with van der Waals surface area (Å²) in [6.07, 6.45) is 8.66. The molecule has 1 N–H and O–H groups in total. The number of rotatable bonds is 4. The van der Waals surface area contributed by atoms with Crippen molar-refractivity contribution in [2.45, 2.75) is 32.7 Å². The Labute approximate surface area is 150 Å². The molecule has 0 fully saturated rings. The van der Waals surface area contributed by atoms with E-state index < -0.39 is 0 Å². The van der Waals surface area contributed by atoms with Crippen molar-refractivity contribution in [2.75, 3.05) is 5.32 Å². The first-order chi connectivity index (χ1) is 12.2. The van der Waals surface area contributed by atoms with E-state index >= 15 is 0 Å². The number of nitrogens with zero attached hydrogens (tertiary/aromatic N) is 3. The zero-order valence-electron chi connectivity index (χ0n) is 14.1. The maximum absolute atomic E-state index is 12.6. The molecule has 0 radical (unpaired) electrons. The summed E-state index contributed by atoms with van der Waals surface area (Å²) in [4.78, 5) is 18.0. The van der Waals surface area contributed by atoms with Gasteiger partial charge in [-0.1, -0.05) is 6.92 Å². The number of anilines is 1. The predicted octanol–water partition coefficient (Wildman–Crippen LogP) is 3.77. The minimum absolute atomic E-state index is 0.0544. The van der Waals surface area contributed by atoms with Crippen LogP contribution in [0, 0.1) is 5.92 Å². The molecular formula is C19H20N4OS. The minimum atomic E-state index is -0.0544. The molecule has 3 aromatic heterocycles. The quantitative estimate of drug-likeness (QED) is 0.778. The Morgan fingerprint density at radius 1 is 1.36 bits per heavy atom. The van der Waals surface area contributed by atoms with Gasteiger partial charge in [0.2, 0.25) is 0 Å². The number of pyridine rings is 1. The second-order valence-electron chi connectivity index (χ2n) is 6.61. The highest BCUT2D eigenvalue weighted by Crippen LogP contribution is 2.33. The van der Waals surface area contributed by atoms with Gasteiger partial charge in [-0.2, -0.15) is 5.10 Å². The van der Waals surface area contributed by atoms with Gasteiger partial charge in [-0.15, -0.1) is 11.3 Å². The van der Waals surface area contributed by atoms with Crippen LogP contribution in [0.25, 0.3) is 0 Å². The lowest BCUT2D eigenvalue weighted by Crippen LogP contribution is -2.17. The minimum Gasteiger partial charge on any atom is -0.305 e. The molecule has 6 heteroatoms. The van der Waals surface area contributed by atoms with Crippen molar-refractivity contribution in [3.63, 3.8) is 0 Å². The number of nitrogens with one attached hydrogen (secondary N) is 1. The monoisotopic (exact) mass is 352 g/mol. The van der Waals surface area contributed by atoms with Gasteiger partial charge < -0.3 is 5.32 Å². The summed E-state index contributed by atoms with van der Waals surface area (Å²) in [7, 11) is 0. The molecule has 4 rings (SSSR count). The maximum Gasteiger partial charge on any atom is 0.257 e. The molecule has 1 atom stereocenters. The zero-order chi connectivity index (χ0) is 17.2. The van der Waals surface area contributed by atoms with E-state index in [2.05, 4.69) is 22.3 Å². The average Bonchev–Trinajstić information content (AvgIpc) is 3.22. The van der Waals surface area contributed by atoms with Crippen LogP contribution in [-0.2, 0) is 19.4 Å². The summed E-state index contributed by atoms with van der Waals surface area (Å²) in [5.74, 6) is 1.25. The Bertz CT molecular complexity index is 884. The topological polar surface area (TPSA) is 59.8 Å². The fraction of sp³-hybridized carbons (Fsp3) is 0.316. The number of fused-ring (bicyclic) bond motifs is 1. The summed E-state index contributed by atoms with van der Waals surface area (Å²) >= 11 is 1.71. The lowest BCUT2D eigenvalue weighted by Gasteiger charge is -2.18. The van der Waals surface area contributed by atoms with E-state index in [1.54, 1.807) is 23.7 Å². The Hall–Kier alpha value is -2.47. The van der Waals surface area contributed by atoms with Crippen molar-refractivity contribution in [1.29, 1.82) is 0 Å². The highest BCUT2D eigenvalue weighted by atomic mass is 32.1. The zero-order valence-corrected chi connectivity index (χ0v) is 14.9. The highest BCUT2D eigenvalue weighted by Gasteiger charge is 2.23.